The van der Waals surface area contributed by atoms with Crippen molar-refractivity contribution in [3.63, 3.8) is 0 Å². The van der Waals surface area contributed by atoms with E-state index >= 15 is 0 Å². The average Bonchev–Trinajstić information content (AvgIpc) is 2.47. The molecule has 0 saturated heterocycles. The molecule has 0 aliphatic carbocycles. The van der Waals surface area contributed by atoms with Crippen LogP contribution in [0.3, 0.4) is 0 Å². The lowest BCUT2D eigenvalue weighted by Crippen LogP contribution is -2.22. The Kier molecular flexibility index (Phi) is 3.33. The summed E-state index contributed by atoms with van der Waals surface area (Å²) in [5.74, 6) is 0. The van der Waals surface area contributed by atoms with Crippen LogP contribution in [0.5, 0.6) is 0 Å². The normalized spacial score (nSPS) is 10.9. The van der Waals surface area contributed by atoms with Crippen molar-refractivity contribution in [2.75, 3.05) is 0 Å². The van der Waals surface area contributed by atoms with Crippen molar-refractivity contribution in [3.05, 3.63) is 75.7 Å². The number of rotatable bonds is 2. The van der Waals surface area contributed by atoms with Gasteiger partial charge in [-0.25, -0.2) is 0 Å². The molecule has 0 aliphatic rings. The molecule has 3 heteroatoms. The van der Waals surface area contributed by atoms with E-state index in [1.165, 1.54) is 0 Å². The molecule has 0 atom stereocenters. The van der Waals surface area contributed by atoms with E-state index < -0.39 is 0 Å². The number of pyridine rings is 1. The zero-order valence-corrected chi connectivity index (χ0v) is 11.9. The third kappa shape index (κ3) is 2.02. The molecule has 1 heterocycles. The third-order valence-corrected chi connectivity index (χ3v) is 3.76. The highest BCUT2D eigenvalue weighted by Gasteiger charge is 2.11. The van der Waals surface area contributed by atoms with Gasteiger partial charge < -0.3 is 0 Å². The van der Waals surface area contributed by atoms with E-state index in [0.717, 1.165) is 23.2 Å². The van der Waals surface area contributed by atoms with Gasteiger partial charge in [0.1, 0.15) is 0 Å². The molecule has 2 aromatic carbocycles. The smallest absolute Gasteiger partial charge is 0.264 e. The molecule has 0 saturated carbocycles. The maximum atomic E-state index is 12.8. The predicted octanol–water partition coefficient (Wildman–Crippen LogP) is 4.21. The van der Waals surface area contributed by atoms with Gasteiger partial charge in [0, 0.05) is 11.4 Å². The van der Waals surface area contributed by atoms with Gasteiger partial charge in [-0.2, -0.15) is 0 Å². The van der Waals surface area contributed by atoms with Crippen molar-refractivity contribution in [1.29, 1.82) is 0 Å². The molecular formula is C17H14ClNO. The van der Waals surface area contributed by atoms with Gasteiger partial charge in [-0.3, -0.25) is 9.36 Å². The number of para-hydroxylation sites is 1. The molecule has 100 valence electrons. The van der Waals surface area contributed by atoms with Gasteiger partial charge in [0.15, 0.2) is 0 Å². The summed E-state index contributed by atoms with van der Waals surface area (Å²) in [6, 6.07) is 17.3. The maximum Gasteiger partial charge on any atom is 0.264 e. The highest BCUT2D eigenvalue weighted by molar-refractivity contribution is 6.35. The Balaban J connectivity index is 2.45. The molecule has 0 radical (unpaired) electrons. The standard InChI is InChI=1S/C17H14ClNO/c1-2-13-11-12-7-6-10-15(18)16(12)17(20)19(13)14-8-4-3-5-9-14/h3-11H,2H2,1H3. The SMILES string of the molecule is CCc1cc2cccc(Cl)c2c(=O)n1-c1ccccc1. The number of fused-ring (bicyclic) bond motifs is 1. The zero-order valence-electron chi connectivity index (χ0n) is 11.1. The summed E-state index contributed by atoms with van der Waals surface area (Å²) >= 11 is 6.20. The fraction of sp³-hybridized carbons (Fsp3) is 0.118. The lowest BCUT2D eigenvalue weighted by Gasteiger charge is -2.14. The van der Waals surface area contributed by atoms with Gasteiger partial charge in [-0.05, 0) is 36.1 Å². The minimum Gasteiger partial charge on any atom is -0.281 e. The van der Waals surface area contributed by atoms with Gasteiger partial charge in [-0.15, -0.1) is 0 Å². The Labute approximate surface area is 122 Å². The monoisotopic (exact) mass is 283 g/mol. The molecule has 0 amide bonds. The van der Waals surface area contributed by atoms with Crippen molar-refractivity contribution in [1.82, 2.24) is 4.57 Å². The molecule has 3 aromatic rings. The van der Waals surface area contributed by atoms with Gasteiger partial charge in [0.25, 0.3) is 5.56 Å². The number of aryl methyl sites for hydroxylation is 1. The van der Waals surface area contributed by atoms with Crippen LogP contribution in [0, 0.1) is 0 Å². The van der Waals surface area contributed by atoms with E-state index in [0.29, 0.717) is 10.4 Å². The summed E-state index contributed by atoms with van der Waals surface area (Å²) in [6.07, 6.45) is 0.784. The van der Waals surface area contributed by atoms with Crippen molar-refractivity contribution >= 4 is 22.4 Å². The fourth-order valence-electron chi connectivity index (χ4n) is 2.49. The summed E-state index contributed by atoms with van der Waals surface area (Å²) in [4.78, 5) is 12.8. The molecular weight excluding hydrogens is 270 g/mol. The van der Waals surface area contributed by atoms with E-state index in [1.54, 1.807) is 10.6 Å². The lowest BCUT2D eigenvalue weighted by molar-refractivity contribution is 0.889. The number of hydrogen-bond donors (Lipinski definition) is 0. The van der Waals surface area contributed by atoms with Crippen molar-refractivity contribution in [2.45, 2.75) is 13.3 Å². The Hall–Kier alpha value is -2.06. The van der Waals surface area contributed by atoms with E-state index in [1.807, 2.05) is 55.5 Å². The number of hydrogen-bond acceptors (Lipinski definition) is 1. The second kappa shape index (κ2) is 5.14. The van der Waals surface area contributed by atoms with Gasteiger partial charge in [0.2, 0.25) is 0 Å². The van der Waals surface area contributed by atoms with Crippen LogP contribution >= 0.6 is 11.6 Å². The van der Waals surface area contributed by atoms with Gasteiger partial charge in [0.05, 0.1) is 10.4 Å². The molecule has 0 spiro atoms. The van der Waals surface area contributed by atoms with Crippen LogP contribution in [0.15, 0.2) is 59.4 Å². The lowest BCUT2D eigenvalue weighted by atomic mass is 10.1. The number of halogens is 1. The molecule has 0 fully saturated rings. The quantitative estimate of drug-likeness (QED) is 0.691. The van der Waals surface area contributed by atoms with Crippen molar-refractivity contribution < 1.29 is 0 Å². The minimum atomic E-state index is -0.0591. The van der Waals surface area contributed by atoms with Crippen LogP contribution in [0.1, 0.15) is 12.6 Å². The van der Waals surface area contributed by atoms with E-state index in [4.69, 9.17) is 11.6 Å². The topological polar surface area (TPSA) is 22.0 Å². The summed E-state index contributed by atoms with van der Waals surface area (Å²) in [6.45, 7) is 2.05. The fourth-order valence-corrected chi connectivity index (χ4v) is 2.76. The van der Waals surface area contributed by atoms with E-state index in [-0.39, 0.29) is 5.56 Å². The predicted molar refractivity (Wildman–Crippen MR) is 83.9 cm³/mol. The van der Waals surface area contributed by atoms with Crippen molar-refractivity contribution in [2.24, 2.45) is 0 Å². The zero-order chi connectivity index (χ0) is 14.1. The molecule has 0 unspecified atom stereocenters. The first-order valence-electron chi connectivity index (χ1n) is 6.61. The summed E-state index contributed by atoms with van der Waals surface area (Å²) in [5.41, 5.74) is 1.79. The molecule has 3 rings (SSSR count). The second-order valence-corrected chi connectivity index (χ2v) is 5.08. The third-order valence-electron chi connectivity index (χ3n) is 3.45. The Morgan fingerprint density at radius 1 is 1.05 bits per heavy atom. The molecule has 0 N–H and O–H groups in total. The maximum absolute atomic E-state index is 12.8. The highest BCUT2D eigenvalue weighted by Crippen LogP contribution is 2.22. The molecule has 1 aromatic heterocycles. The number of benzene rings is 2. The number of aromatic nitrogens is 1. The molecule has 2 nitrogen and oxygen atoms in total. The van der Waals surface area contributed by atoms with Crippen LogP contribution in [0.2, 0.25) is 5.02 Å². The minimum absolute atomic E-state index is 0.0591. The Bertz CT molecular complexity index is 822. The van der Waals surface area contributed by atoms with Crippen LogP contribution in [-0.2, 0) is 6.42 Å². The highest BCUT2D eigenvalue weighted by atomic mass is 35.5. The number of nitrogens with zero attached hydrogens (tertiary/aromatic N) is 1. The largest absolute Gasteiger partial charge is 0.281 e. The first-order valence-corrected chi connectivity index (χ1v) is 6.98. The molecule has 0 aliphatic heterocycles. The summed E-state index contributed by atoms with van der Waals surface area (Å²) in [7, 11) is 0. The summed E-state index contributed by atoms with van der Waals surface area (Å²) in [5, 5.41) is 1.97. The summed E-state index contributed by atoms with van der Waals surface area (Å²) < 4.78 is 1.74. The van der Waals surface area contributed by atoms with Crippen LogP contribution in [-0.4, -0.2) is 4.57 Å². The average molecular weight is 284 g/mol. The van der Waals surface area contributed by atoms with Crippen LogP contribution in [0.25, 0.3) is 16.5 Å². The van der Waals surface area contributed by atoms with E-state index in [2.05, 4.69) is 0 Å². The Morgan fingerprint density at radius 3 is 2.50 bits per heavy atom. The molecule has 0 bridgehead atoms. The first kappa shape index (κ1) is 12.9. The van der Waals surface area contributed by atoms with Gasteiger partial charge in [-0.1, -0.05) is 48.9 Å². The van der Waals surface area contributed by atoms with Gasteiger partial charge >= 0.3 is 0 Å². The first-order chi connectivity index (χ1) is 9.72. The van der Waals surface area contributed by atoms with Crippen LogP contribution in [0.4, 0.5) is 0 Å². The second-order valence-electron chi connectivity index (χ2n) is 4.67. The molecule has 20 heavy (non-hydrogen) atoms. The van der Waals surface area contributed by atoms with E-state index in [9.17, 15) is 4.79 Å². The Morgan fingerprint density at radius 2 is 1.80 bits per heavy atom. The van der Waals surface area contributed by atoms with Crippen molar-refractivity contribution in [3.8, 4) is 5.69 Å². The van der Waals surface area contributed by atoms with Crippen LogP contribution < -0.4 is 5.56 Å².